The molecule has 2 nitrogen and oxygen atoms in total. The minimum Gasteiger partial charge on any atom is -0.232 e. The van der Waals surface area contributed by atoms with Gasteiger partial charge in [0.25, 0.3) is 0 Å². The number of hydrogen-bond acceptors (Lipinski definition) is 0. The monoisotopic (exact) mass is 633 g/mol. The molecule has 0 aliphatic heterocycles. The van der Waals surface area contributed by atoms with Crippen molar-refractivity contribution in [2.75, 3.05) is 0 Å². The summed E-state index contributed by atoms with van der Waals surface area (Å²) in [6.45, 7) is 10.1. The first kappa shape index (κ1) is 31.3. The van der Waals surface area contributed by atoms with Crippen molar-refractivity contribution in [1.29, 1.82) is 0 Å². The van der Waals surface area contributed by atoms with E-state index in [2.05, 4.69) is 171 Å². The normalized spacial score (nSPS) is 13.0. The molecule has 47 heavy (non-hydrogen) atoms. The lowest BCUT2D eigenvalue weighted by molar-refractivity contribution is -0.687. The molecule has 6 aromatic rings. The van der Waals surface area contributed by atoms with Gasteiger partial charge in [-0.05, 0) is 89.2 Å². The van der Waals surface area contributed by atoms with E-state index in [-0.39, 0.29) is 0 Å². The van der Waals surface area contributed by atoms with Gasteiger partial charge in [-0.3, -0.25) is 0 Å². The summed E-state index contributed by atoms with van der Waals surface area (Å²) in [5.41, 5.74) is 11.4. The third-order valence-electron chi connectivity index (χ3n) is 9.70. The second-order valence-corrected chi connectivity index (χ2v) is 15.8. The van der Waals surface area contributed by atoms with Gasteiger partial charge in [0.2, 0.25) is 6.33 Å². The van der Waals surface area contributed by atoms with Gasteiger partial charge in [0, 0.05) is 11.1 Å². The molecule has 0 saturated heterocycles. The number of para-hydroxylation sites is 1. The predicted octanol–water partition coefficient (Wildman–Crippen LogP) is 8.70. The summed E-state index contributed by atoms with van der Waals surface area (Å²) in [6.07, 6.45) is 11.0. The molecule has 0 radical (unpaired) electrons. The van der Waals surface area contributed by atoms with Crippen molar-refractivity contribution in [3.8, 4) is 5.69 Å². The Hall–Kier alpha value is -4.26. The molecule has 0 N–H and O–H groups in total. The highest BCUT2D eigenvalue weighted by molar-refractivity contribution is 7.79. The zero-order valence-electron chi connectivity index (χ0n) is 28.2. The van der Waals surface area contributed by atoms with Crippen LogP contribution in [0.5, 0.6) is 0 Å². The number of aromatic nitrogens is 2. The number of rotatable bonds is 8. The topological polar surface area (TPSA) is 8.81 Å². The van der Waals surface area contributed by atoms with Crippen molar-refractivity contribution in [1.82, 2.24) is 4.57 Å². The van der Waals surface area contributed by atoms with Gasteiger partial charge in [-0.25, -0.2) is 9.13 Å². The van der Waals surface area contributed by atoms with Crippen LogP contribution in [-0.4, -0.2) is 4.57 Å². The first-order valence-electron chi connectivity index (χ1n) is 17.3. The lowest BCUT2D eigenvalue weighted by atomic mass is 9.92. The van der Waals surface area contributed by atoms with Crippen molar-refractivity contribution in [3.63, 3.8) is 0 Å². The maximum absolute atomic E-state index is 2.54. The van der Waals surface area contributed by atoms with Crippen LogP contribution in [-0.2, 0) is 32.2 Å². The molecule has 0 saturated carbocycles. The van der Waals surface area contributed by atoms with Crippen LogP contribution < -0.4 is 20.5 Å². The van der Waals surface area contributed by atoms with Gasteiger partial charge in [-0.1, -0.05) is 143 Å². The zero-order chi connectivity index (χ0) is 32.3. The molecule has 1 heterocycles. The van der Waals surface area contributed by atoms with Crippen molar-refractivity contribution in [2.24, 2.45) is 0 Å². The fourth-order valence-electron chi connectivity index (χ4n) is 7.18. The van der Waals surface area contributed by atoms with E-state index in [0.29, 0.717) is 11.8 Å². The summed E-state index contributed by atoms with van der Waals surface area (Å²) in [5, 5.41) is 4.36. The van der Waals surface area contributed by atoms with E-state index in [1.165, 1.54) is 60.5 Å². The minimum absolute atomic E-state index is 0.465. The molecule has 4 aliphatic carbocycles. The molecule has 3 heteroatoms. The molecular formula is C44H46N2P+. The molecule has 0 atom stereocenters. The Balaban J connectivity index is 1.20. The molecule has 10 rings (SSSR count). The van der Waals surface area contributed by atoms with Crippen LogP contribution >= 0.6 is 7.92 Å². The van der Waals surface area contributed by atoms with Crippen LogP contribution in [0.4, 0.5) is 0 Å². The second-order valence-electron chi connectivity index (χ2n) is 13.7. The van der Waals surface area contributed by atoms with E-state index < -0.39 is 7.92 Å². The second kappa shape index (κ2) is 13.8. The van der Waals surface area contributed by atoms with Crippen molar-refractivity contribution in [3.05, 3.63) is 173 Å². The molecule has 0 fully saturated rings. The number of hydrogen-bond donors (Lipinski definition) is 0. The van der Waals surface area contributed by atoms with Gasteiger partial charge in [0.15, 0.2) is 0 Å². The quantitative estimate of drug-likeness (QED) is 0.117. The molecular weight excluding hydrogens is 587 g/mol. The van der Waals surface area contributed by atoms with Gasteiger partial charge in [0.05, 0.1) is 0 Å². The van der Waals surface area contributed by atoms with Crippen molar-refractivity contribution < 1.29 is 4.57 Å². The largest absolute Gasteiger partial charge is 0.249 e. The number of imidazole rings is 1. The molecule has 236 valence electrons. The molecule has 5 aromatic carbocycles. The maximum Gasteiger partial charge on any atom is 0.249 e. The Bertz CT molecular complexity index is 1900. The maximum atomic E-state index is 2.54. The number of benzene rings is 5. The third kappa shape index (κ3) is 6.76. The first-order chi connectivity index (χ1) is 22.9. The van der Waals surface area contributed by atoms with Crippen LogP contribution in [0.25, 0.3) is 5.69 Å². The van der Waals surface area contributed by atoms with E-state index in [9.17, 15) is 0 Å². The highest BCUT2D eigenvalue weighted by Crippen LogP contribution is 2.36. The summed E-state index contributed by atoms with van der Waals surface area (Å²) in [4.78, 5) is 0. The van der Waals surface area contributed by atoms with E-state index in [4.69, 9.17) is 0 Å². The Morgan fingerprint density at radius 1 is 0.617 bits per heavy atom. The van der Waals surface area contributed by atoms with Crippen molar-refractivity contribution >= 4 is 23.8 Å². The first-order valence-corrected chi connectivity index (χ1v) is 18.6. The summed E-state index contributed by atoms with van der Waals surface area (Å²) in [5.74, 6) is 0.931. The minimum atomic E-state index is -0.632. The van der Waals surface area contributed by atoms with Crippen LogP contribution in [0.3, 0.4) is 0 Å². The Morgan fingerprint density at radius 3 is 1.81 bits per heavy atom. The fourth-order valence-corrected chi connectivity index (χ4v) is 9.74. The van der Waals surface area contributed by atoms with Gasteiger partial charge in [-0.15, -0.1) is 0 Å². The van der Waals surface area contributed by atoms with E-state index in [0.717, 1.165) is 32.2 Å². The van der Waals surface area contributed by atoms with E-state index in [1.807, 2.05) is 0 Å². The molecule has 4 aliphatic rings. The van der Waals surface area contributed by atoms with Gasteiger partial charge in [0.1, 0.15) is 24.6 Å². The lowest BCUT2D eigenvalue weighted by Gasteiger charge is -2.24. The van der Waals surface area contributed by atoms with Crippen LogP contribution in [0.1, 0.15) is 78.5 Å². The van der Waals surface area contributed by atoms with Crippen LogP contribution in [0, 0.1) is 0 Å². The van der Waals surface area contributed by atoms with Crippen LogP contribution in [0.15, 0.2) is 134 Å². The highest BCUT2D eigenvalue weighted by Gasteiger charge is 2.23. The zero-order valence-corrected chi connectivity index (χ0v) is 29.1. The average Bonchev–Trinajstić information content (AvgIpc) is 3.55. The Kier molecular flexibility index (Phi) is 9.23. The van der Waals surface area contributed by atoms with E-state index >= 15 is 0 Å². The number of nitrogens with zero attached hydrogens (tertiary/aromatic N) is 2. The molecule has 0 unspecified atom stereocenters. The molecule has 0 amide bonds. The van der Waals surface area contributed by atoms with Gasteiger partial charge >= 0.3 is 0 Å². The SMILES string of the molecule is CC(C)c1cccc(C(C)C)c1-n1cc[n+](Cc2cc3ccc2CCc2ccc(c(P(c4ccccc4)c4ccccc4)c2)CC3)c1. The molecule has 4 bridgehead atoms. The summed E-state index contributed by atoms with van der Waals surface area (Å²) < 4.78 is 4.72. The highest BCUT2D eigenvalue weighted by atomic mass is 31.1. The van der Waals surface area contributed by atoms with Gasteiger partial charge < -0.3 is 0 Å². The average molecular weight is 634 g/mol. The fraction of sp³-hybridized carbons (Fsp3) is 0.250. The molecule has 0 spiro atoms. The summed E-state index contributed by atoms with van der Waals surface area (Å²) in [6, 6.07) is 43.8. The van der Waals surface area contributed by atoms with Gasteiger partial charge in [-0.2, -0.15) is 0 Å². The standard InChI is InChI=1S/C44H46N2P/c1-32(2)41-16-11-17-42(33(3)4)44(41)46-27-26-45(31-46)30-38-28-34-18-22-36(38)23-19-35-21-25-37(24-20-34)43(29-35)47(39-12-7-5-8-13-39)40-14-9-6-10-15-40/h5-18,21-22,25-29,31-33H,19-20,23-24,30H2,1-4H3/q+1. The predicted molar refractivity (Wildman–Crippen MR) is 200 cm³/mol. The van der Waals surface area contributed by atoms with Crippen molar-refractivity contribution in [2.45, 2.75) is 71.8 Å². The molecule has 1 aromatic heterocycles. The number of aryl methyl sites for hydroxylation is 4. The third-order valence-corrected chi connectivity index (χ3v) is 12.2. The smallest absolute Gasteiger partial charge is 0.232 e. The Morgan fingerprint density at radius 2 is 1.19 bits per heavy atom. The summed E-state index contributed by atoms with van der Waals surface area (Å²) >= 11 is 0. The van der Waals surface area contributed by atoms with Crippen LogP contribution in [0.2, 0.25) is 0 Å². The Labute approximate surface area is 282 Å². The van der Waals surface area contributed by atoms with E-state index in [1.54, 1.807) is 0 Å². The lowest BCUT2D eigenvalue weighted by Crippen LogP contribution is -2.32. The summed E-state index contributed by atoms with van der Waals surface area (Å²) in [7, 11) is -0.632.